The van der Waals surface area contributed by atoms with Gasteiger partial charge >= 0.3 is 5.97 Å². The Morgan fingerprint density at radius 1 is 1.09 bits per heavy atom. The van der Waals surface area contributed by atoms with Crippen LogP contribution in [-0.4, -0.2) is 54.2 Å². The number of amides is 1. The summed E-state index contributed by atoms with van der Waals surface area (Å²) < 4.78 is 6.19. The number of carboxylic acid groups (broad SMARTS) is 1. The first-order chi connectivity index (χ1) is 16.1. The number of nitrogens with one attached hydrogen (secondary N) is 2. The van der Waals surface area contributed by atoms with Crippen LogP contribution in [0.5, 0.6) is 0 Å². The summed E-state index contributed by atoms with van der Waals surface area (Å²) in [5.74, 6) is 1.69. The lowest BCUT2D eigenvalue weighted by molar-refractivity contribution is -0.136. The van der Waals surface area contributed by atoms with Gasteiger partial charge in [-0.05, 0) is 38.0 Å². The number of fused-ring (bicyclic) bond motifs is 2. The Kier molecular flexibility index (Phi) is 8.82. The van der Waals surface area contributed by atoms with E-state index in [4.69, 9.17) is 14.8 Å². The zero-order chi connectivity index (χ0) is 23.0. The smallest absolute Gasteiger partial charge is 0.303 e. The summed E-state index contributed by atoms with van der Waals surface area (Å²) in [6.07, 6.45) is 18.7. The molecule has 4 rings (SSSR count). The molecule has 1 unspecified atom stereocenters. The van der Waals surface area contributed by atoms with Crippen LogP contribution in [0.4, 0.5) is 0 Å². The van der Waals surface area contributed by atoms with Gasteiger partial charge in [0.2, 0.25) is 5.91 Å². The van der Waals surface area contributed by atoms with Crippen molar-refractivity contribution in [2.24, 2.45) is 22.7 Å². The second-order valence-electron chi connectivity index (χ2n) is 10.3. The third kappa shape index (κ3) is 6.58. The number of nitrogens with zero attached hydrogens (tertiary/aromatic N) is 1. The molecule has 2 saturated heterocycles. The normalized spacial score (nSPS) is 31.6. The second kappa shape index (κ2) is 12.0. The summed E-state index contributed by atoms with van der Waals surface area (Å²) in [5, 5.41) is 15.3. The maximum absolute atomic E-state index is 12.7. The van der Waals surface area contributed by atoms with Crippen molar-refractivity contribution in [3.63, 3.8) is 0 Å². The van der Waals surface area contributed by atoms with Gasteiger partial charge in [0.1, 0.15) is 11.9 Å². The number of carbonyl (C=O) groups is 2. The predicted octanol–water partition coefficient (Wildman–Crippen LogP) is 3.83. The summed E-state index contributed by atoms with van der Waals surface area (Å²) in [6.45, 7) is 1.25. The zero-order valence-corrected chi connectivity index (χ0v) is 19.8. The van der Waals surface area contributed by atoms with E-state index < -0.39 is 5.97 Å². The molecule has 0 radical (unpaired) electrons. The van der Waals surface area contributed by atoms with Gasteiger partial charge < -0.3 is 20.5 Å². The number of rotatable bonds is 12. The van der Waals surface area contributed by atoms with Crippen molar-refractivity contribution < 1.29 is 19.4 Å². The van der Waals surface area contributed by atoms with Crippen LogP contribution in [0.25, 0.3) is 0 Å². The fourth-order valence-corrected chi connectivity index (χ4v) is 6.21. The van der Waals surface area contributed by atoms with E-state index in [1.165, 1.54) is 44.9 Å². The number of carbonyl (C=O) groups excluding carboxylic acids is 1. The fraction of sp³-hybridized carbons (Fsp3) is 0.808. The standard InChI is InChI=1S/C26H41N3O4/c30-23(31)13-6-2-5-12-19-21-14-15-22(33-21)24(19)25-28-17-20(29-25)26(32)27-16-8-7-11-18-9-3-1-4-10-18/h2,5,18-22,24H,1,3-4,6-17H2,(H,27,32)(H,28,29)(H,30,31)/t19-,20?,21-,22+,24-/m0/s1. The van der Waals surface area contributed by atoms with Crippen LogP contribution < -0.4 is 10.6 Å². The van der Waals surface area contributed by atoms with Crippen LogP contribution in [0.1, 0.15) is 83.5 Å². The molecule has 0 aromatic rings. The van der Waals surface area contributed by atoms with E-state index in [9.17, 15) is 9.59 Å². The average molecular weight is 460 g/mol. The van der Waals surface area contributed by atoms with Crippen molar-refractivity contribution in [1.82, 2.24) is 10.6 Å². The second-order valence-corrected chi connectivity index (χ2v) is 10.3. The van der Waals surface area contributed by atoms with Crippen LogP contribution in [0.15, 0.2) is 17.1 Å². The molecule has 0 aromatic heterocycles. The minimum Gasteiger partial charge on any atom is -0.481 e. The molecule has 0 spiro atoms. The number of hydrogen-bond donors (Lipinski definition) is 3. The number of hydrogen-bond acceptors (Lipinski definition) is 5. The summed E-state index contributed by atoms with van der Waals surface area (Å²) in [4.78, 5) is 28.1. The monoisotopic (exact) mass is 459 g/mol. The lowest BCUT2D eigenvalue weighted by Crippen LogP contribution is -2.48. The van der Waals surface area contributed by atoms with Gasteiger partial charge in [-0.15, -0.1) is 0 Å². The number of carboxylic acids is 1. The molecule has 2 bridgehead atoms. The van der Waals surface area contributed by atoms with E-state index in [1.54, 1.807) is 0 Å². The Morgan fingerprint density at radius 3 is 2.73 bits per heavy atom. The van der Waals surface area contributed by atoms with Gasteiger partial charge in [-0.25, -0.2) is 0 Å². The molecule has 7 heteroatoms. The highest BCUT2D eigenvalue weighted by molar-refractivity contribution is 5.94. The molecule has 3 heterocycles. The van der Waals surface area contributed by atoms with E-state index in [2.05, 4.69) is 16.7 Å². The molecule has 33 heavy (non-hydrogen) atoms. The number of aliphatic carboxylic acids is 1. The summed E-state index contributed by atoms with van der Waals surface area (Å²) in [6, 6.07) is -0.274. The molecular formula is C26H41N3O4. The number of amidine groups is 1. The van der Waals surface area contributed by atoms with Gasteiger partial charge in [0.15, 0.2) is 0 Å². The summed E-state index contributed by atoms with van der Waals surface area (Å²) in [5.41, 5.74) is 0. The molecule has 1 aliphatic carbocycles. The lowest BCUT2D eigenvalue weighted by Gasteiger charge is -2.28. The van der Waals surface area contributed by atoms with Crippen LogP contribution in [0.2, 0.25) is 0 Å². The molecule has 0 aromatic carbocycles. The quantitative estimate of drug-likeness (QED) is 0.304. The highest BCUT2D eigenvalue weighted by atomic mass is 16.5. The Balaban J connectivity index is 1.17. The number of aliphatic imine (C=N–C) groups is 1. The molecule has 5 atom stereocenters. The minimum atomic E-state index is -0.765. The maximum atomic E-state index is 12.7. The van der Waals surface area contributed by atoms with Crippen molar-refractivity contribution in [1.29, 1.82) is 0 Å². The first kappa shape index (κ1) is 24.2. The van der Waals surface area contributed by atoms with Crippen LogP contribution in [0.3, 0.4) is 0 Å². The predicted molar refractivity (Wildman–Crippen MR) is 128 cm³/mol. The molecule has 3 fully saturated rings. The van der Waals surface area contributed by atoms with Gasteiger partial charge in [0.05, 0.1) is 18.8 Å². The fourth-order valence-electron chi connectivity index (χ4n) is 6.21. The lowest BCUT2D eigenvalue weighted by atomic mass is 9.76. The maximum Gasteiger partial charge on any atom is 0.303 e. The van der Waals surface area contributed by atoms with Gasteiger partial charge in [0, 0.05) is 24.8 Å². The molecule has 3 aliphatic heterocycles. The first-order valence-corrected chi connectivity index (χ1v) is 13.2. The Bertz CT molecular complexity index is 731. The molecular weight excluding hydrogens is 418 g/mol. The van der Waals surface area contributed by atoms with Gasteiger partial charge in [-0.2, -0.15) is 0 Å². The number of ether oxygens (including phenoxy) is 1. The molecule has 3 N–H and O–H groups in total. The van der Waals surface area contributed by atoms with E-state index in [1.807, 2.05) is 6.08 Å². The number of unbranched alkanes of at least 4 members (excludes halogenated alkanes) is 1. The van der Waals surface area contributed by atoms with Crippen molar-refractivity contribution in [2.45, 2.75) is 102 Å². The van der Waals surface area contributed by atoms with Crippen molar-refractivity contribution in [3.8, 4) is 0 Å². The Labute approximate surface area is 197 Å². The number of allylic oxidation sites excluding steroid dienone is 2. The topological polar surface area (TPSA) is 100 Å². The first-order valence-electron chi connectivity index (χ1n) is 13.2. The molecule has 1 amide bonds. The largest absolute Gasteiger partial charge is 0.481 e. The van der Waals surface area contributed by atoms with E-state index >= 15 is 0 Å². The SMILES string of the molecule is O=C(O)CCC=CC[C@@H]1[C@H](C2=NCC(C(=O)NCCCCC3CCCCC3)N2)[C@H]2CC[C@@H]1O2. The average Bonchev–Trinajstić information content (AvgIpc) is 3.55. The molecule has 7 nitrogen and oxygen atoms in total. The van der Waals surface area contributed by atoms with E-state index in [-0.39, 0.29) is 36.5 Å². The van der Waals surface area contributed by atoms with E-state index in [0.29, 0.717) is 18.9 Å². The minimum absolute atomic E-state index is 0.0561. The summed E-state index contributed by atoms with van der Waals surface area (Å²) in [7, 11) is 0. The molecule has 4 aliphatic rings. The highest BCUT2D eigenvalue weighted by Gasteiger charge is 2.51. The van der Waals surface area contributed by atoms with Crippen LogP contribution in [-0.2, 0) is 14.3 Å². The Morgan fingerprint density at radius 2 is 1.91 bits per heavy atom. The van der Waals surface area contributed by atoms with Crippen molar-refractivity contribution in [2.75, 3.05) is 13.1 Å². The van der Waals surface area contributed by atoms with Crippen LogP contribution in [0, 0.1) is 17.8 Å². The van der Waals surface area contributed by atoms with E-state index in [0.717, 1.165) is 44.0 Å². The Hall–Kier alpha value is -1.89. The van der Waals surface area contributed by atoms with Crippen molar-refractivity contribution >= 4 is 17.7 Å². The summed E-state index contributed by atoms with van der Waals surface area (Å²) >= 11 is 0. The highest BCUT2D eigenvalue weighted by Crippen LogP contribution is 2.46. The third-order valence-electron chi connectivity index (χ3n) is 7.99. The molecule has 184 valence electrons. The third-order valence-corrected chi connectivity index (χ3v) is 7.99. The van der Waals surface area contributed by atoms with Gasteiger partial charge in [0.25, 0.3) is 0 Å². The van der Waals surface area contributed by atoms with Crippen molar-refractivity contribution in [3.05, 3.63) is 12.2 Å². The zero-order valence-electron chi connectivity index (χ0n) is 19.8. The van der Waals surface area contributed by atoms with Gasteiger partial charge in [-0.3, -0.25) is 14.6 Å². The molecule has 1 saturated carbocycles. The van der Waals surface area contributed by atoms with Gasteiger partial charge in [-0.1, -0.05) is 57.1 Å². The van der Waals surface area contributed by atoms with Crippen LogP contribution >= 0.6 is 0 Å².